The van der Waals surface area contributed by atoms with Crippen molar-refractivity contribution in [2.45, 2.75) is 32.7 Å². The van der Waals surface area contributed by atoms with Gasteiger partial charge in [0.05, 0.1) is 18.5 Å². The second kappa shape index (κ2) is 5.01. The Morgan fingerprint density at radius 2 is 2.27 bits per heavy atom. The highest BCUT2D eigenvalue weighted by Crippen LogP contribution is 2.19. The molecule has 1 fully saturated rings. The molecule has 2 amide bonds. The lowest BCUT2D eigenvalue weighted by Gasteiger charge is -2.19. The van der Waals surface area contributed by atoms with Crippen molar-refractivity contribution < 1.29 is 4.79 Å². The Labute approximate surface area is 91.5 Å². The molecule has 1 aliphatic heterocycles. The standard InChI is InChI=1S/C11H19N3O/c1-9(2)7-10-8-14(6-4-5-12)11(15)13(10)3/h9-10H,4,6-8H2,1-3H3. The molecule has 0 bridgehead atoms. The predicted octanol–water partition coefficient (Wildman–Crippen LogP) is 1.68. The Morgan fingerprint density at radius 1 is 1.60 bits per heavy atom. The summed E-state index contributed by atoms with van der Waals surface area (Å²) in [5.41, 5.74) is 0. The maximum atomic E-state index is 11.7. The summed E-state index contributed by atoms with van der Waals surface area (Å²) in [5.74, 6) is 0.598. The van der Waals surface area contributed by atoms with Gasteiger partial charge in [0.2, 0.25) is 0 Å². The van der Waals surface area contributed by atoms with Crippen molar-refractivity contribution in [2.24, 2.45) is 5.92 Å². The maximum Gasteiger partial charge on any atom is 0.320 e. The molecule has 0 saturated carbocycles. The molecule has 1 aliphatic rings. The molecule has 0 spiro atoms. The molecule has 1 unspecified atom stereocenters. The summed E-state index contributed by atoms with van der Waals surface area (Å²) >= 11 is 0. The molecule has 1 heterocycles. The van der Waals surface area contributed by atoms with Crippen LogP contribution >= 0.6 is 0 Å². The van der Waals surface area contributed by atoms with E-state index < -0.39 is 0 Å². The van der Waals surface area contributed by atoms with Gasteiger partial charge in [0.1, 0.15) is 0 Å². The highest BCUT2D eigenvalue weighted by atomic mass is 16.2. The molecule has 15 heavy (non-hydrogen) atoms. The number of amides is 2. The van der Waals surface area contributed by atoms with E-state index in [9.17, 15) is 4.79 Å². The number of hydrogen-bond acceptors (Lipinski definition) is 2. The zero-order chi connectivity index (χ0) is 11.4. The first-order chi connectivity index (χ1) is 7.06. The van der Waals surface area contributed by atoms with Gasteiger partial charge in [-0.2, -0.15) is 5.26 Å². The Balaban J connectivity index is 2.52. The average Bonchev–Trinajstić information content (AvgIpc) is 2.42. The predicted molar refractivity (Wildman–Crippen MR) is 58.2 cm³/mol. The molecule has 4 nitrogen and oxygen atoms in total. The van der Waals surface area contributed by atoms with Crippen molar-refractivity contribution in [1.29, 1.82) is 5.26 Å². The summed E-state index contributed by atoms with van der Waals surface area (Å²) in [5, 5.41) is 8.49. The number of nitriles is 1. The number of nitrogens with zero attached hydrogens (tertiary/aromatic N) is 3. The molecule has 0 N–H and O–H groups in total. The first-order valence-corrected chi connectivity index (χ1v) is 5.45. The molecular formula is C11H19N3O. The molecule has 0 aromatic heterocycles. The van der Waals surface area contributed by atoms with E-state index in [1.54, 1.807) is 9.80 Å². The van der Waals surface area contributed by atoms with Gasteiger partial charge in [-0.3, -0.25) is 0 Å². The Bertz CT molecular complexity index is 269. The van der Waals surface area contributed by atoms with Gasteiger partial charge in [0.25, 0.3) is 0 Å². The van der Waals surface area contributed by atoms with Crippen molar-refractivity contribution in [1.82, 2.24) is 9.80 Å². The van der Waals surface area contributed by atoms with Crippen LogP contribution in [0.25, 0.3) is 0 Å². The van der Waals surface area contributed by atoms with Crippen LogP contribution in [0.4, 0.5) is 4.79 Å². The Morgan fingerprint density at radius 3 is 2.80 bits per heavy atom. The van der Waals surface area contributed by atoms with Crippen molar-refractivity contribution in [3.63, 3.8) is 0 Å². The van der Waals surface area contributed by atoms with Crippen LogP contribution < -0.4 is 0 Å². The van der Waals surface area contributed by atoms with Gasteiger partial charge >= 0.3 is 6.03 Å². The van der Waals surface area contributed by atoms with Gasteiger partial charge in [-0.05, 0) is 12.3 Å². The van der Waals surface area contributed by atoms with Crippen molar-refractivity contribution in [3.05, 3.63) is 0 Å². The zero-order valence-electron chi connectivity index (χ0n) is 9.73. The van der Waals surface area contributed by atoms with Gasteiger partial charge in [-0.1, -0.05) is 13.8 Å². The van der Waals surface area contributed by atoms with Crippen LogP contribution in [0.2, 0.25) is 0 Å². The summed E-state index contributed by atoms with van der Waals surface area (Å²) in [6, 6.07) is 2.45. The molecule has 0 aliphatic carbocycles. The normalized spacial score (nSPS) is 21.3. The first kappa shape index (κ1) is 11.8. The molecule has 0 aromatic carbocycles. The smallest absolute Gasteiger partial charge is 0.320 e. The van der Waals surface area contributed by atoms with E-state index in [-0.39, 0.29) is 6.03 Å². The molecule has 0 radical (unpaired) electrons. The van der Waals surface area contributed by atoms with Crippen LogP contribution in [0, 0.1) is 17.2 Å². The summed E-state index contributed by atoms with van der Waals surface area (Å²) in [6.45, 7) is 5.66. The van der Waals surface area contributed by atoms with Gasteiger partial charge in [0.15, 0.2) is 0 Å². The van der Waals surface area contributed by atoms with Crippen molar-refractivity contribution in [2.75, 3.05) is 20.1 Å². The van der Waals surface area contributed by atoms with Crippen LogP contribution in [0.1, 0.15) is 26.7 Å². The van der Waals surface area contributed by atoms with E-state index in [1.807, 2.05) is 7.05 Å². The van der Waals surface area contributed by atoms with Gasteiger partial charge in [0, 0.05) is 20.1 Å². The largest absolute Gasteiger partial charge is 0.323 e. The number of urea groups is 1. The number of carbonyl (C=O) groups excluding carboxylic acids is 1. The Hall–Kier alpha value is -1.24. The fourth-order valence-corrected chi connectivity index (χ4v) is 1.98. The lowest BCUT2D eigenvalue weighted by atomic mass is 10.0. The quantitative estimate of drug-likeness (QED) is 0.707. The molecule has 1 rings (SSSR count). The molecule has 1 atom stereocenters. The third-order valence-electron chi connectivity index (χ3n) is 2.79. The first-order valence-electron chi connectivity index (χ1n) is 5.45. The van der Waals surface area contributed by atoms with E-state index in [0.717, 1.165) is 13.0 Å². The number of rotatable bonds is 4. The maximum absolute atomic E-state index is 11.7. The highest BCUT2D eigenvalue weighted by molar-refractivity contribution is 5.76. The zero-order valence-corrected chi connectivity index (χ0v) is 9.73. The minimum atomic E-state index is 0.0656. The topological polar surface area (TPSA) is 47.3 Å². The van der Waals surface area contributed by atoms with Crippen LogP contribution in [0.15, 0.2) is 0 Å². The van der Waals surface area contributed by atoms with Gasteiger partial charge in [-0.15, -0.1) is 0 Å². The summed E-state index contributed by atoms with van der Waals surface area (Å²) in [6.07, 6.45) is 1.46. The third kappa shape index (κ3) is 2.85. The van der Waals surface area contributed by atoms with E-state index in [2.05, 4.69) is 19.9 Å². The van der Waals surface area contributed by atoms with E-state index >= 15 is 0 Å². The highest BCUT2D eigenvalue weighted by Gasteiger charge is 2.33. The fourth-order valence-electron chi connectivity index (χ4n) is 1.98. The third-order valence-corrected chi connectivity index (χ3v) is 2.79. The lowest BCUT2D eigenvalue weighted by molar-refractivity contribution is 0.194. The number of carbonyl (C=O) groups is 1. The molecule has 84 valence electrons. The lowest BCUT2D eigenvalue weighted by Crippen LogP contribution is -2.32. The molecule has 0 aromatic rings. The summed E-state index contributed by atoms with van der Waals surface area (Å²) < 4.78 is 0. The second-order valence-electron chi connectivity index (χ2n) is 4.53. The Kier molecular flexibility index (Phi) is 3.96. The van der Waals surface area contributed by atoms with Crippen molar-refractivity contribution in [3.8, 4) is 6.07 Å². The summed E-state index contributed by atoms with van der Waals surface area (Å²) in [4.78, 5) is 15.3. The monoisotopic (exact) mass is 209 g/mol. The number of likely N-dealkylation sites (N-methyl/N-ethyl adjacent to an activating group) is 1. The fraction of sp³-hybridized carbons (Fsp3) is 0.818. The van der Waals surface area contributed by atoms with E-state index in [1.165, 1.54) is 0 Å². The second-order valence-corrected chi connectivity index (χ2v) is 4.53. The minimum absolute atomic E-state index is 0.0656. The molecule has 4 heteroatoms. The van der Waals surface area contributed by atoms with Crippen LogP contribution in [0.3, 0.4) is 0 Å². The average molecular weight is 209 g/mol. The SMILES string of the molecule is CC(C)CC1CN(CCC#N)C(=O)N1C. The van der Waals surface area contributed by atoms with E-state index in [4.69, 9.17) is 5.26 Å². The van der Waals surface area contributed by atoms with Gasteiger partial charge in [-0.25, -0.2) is 4.79 Å². The van der Waals surface area contributed by atoms with Crippen LogP contribution in [-0.4, -0.2) is 42.0 Å². The van der Waals surface area contributed by atoms with Crippen molar-refractivity contribution >= 4 is 6.03 Å². The molecule has 1 saturated heterocycles. The summed E-state index contributed by atoms with van der Waals surface area (Å²) in [7, 11) is 1.85. The minimum Gasteiger partial charge on any atom is -0.323 e. The molecular weight excluding hydrogens is 190 g/mol. The van der Waals surface area contributed by atoms with Crippen LogP contribution in [-0.2, 0) is 0 Å². The van der Waals surface area contributed by atoms with Crippen LogP contribution in [0.5, 0.6) is 0 Å². The van der Waals surface area contributed by atoms with E-state index in [0.29, 0.717) is 24.9 Å². The number of hydrogen-bond donors (Lipinski definition) is 0. The van der Waals surface area contributed by atoms with Gasteiger partial charge < -0.3 is 9.80 Å².